The smallest absolute Gasteiger partial charge is 0.194 e. The summed E-state index contributed by atoms with van der Waals surface area (Å²) in [6.45, 7) is 10.8. The van der Waals surface area contributed by atoms with Gasteiger partial charge in [-0.25, -0.2) is 8.42 Å². The van der Waals surface area contributed by atoms with E-state index in [9.17, 15) is 8.42 Å². The van der Waals surface area contributed by atoms with Gasteiger partial charge in [-0.2, -0.15) is 0 Å². The highest BCUT2D eigenvalue weighted by Crippen LogP contribution is 2.20. The van der Waals surface area contributed by atoms with Crippen molar-refractivity contribution in [3.05, 3.63) is 42.5 Å². The molecule has 0 amide bonds. The Hall–Kier alpha value is -2.02. The number of rotatable bonds is 5. The van der Waals surface area contributed by atoms with E-state index in [2.05, 4.69) is 52.9 Å². The second-order valence-electron chi connectivity index (χ2n) is 7.42. The van der Waals surface area contributed by atoms with E-state index in [1.54, 1.807) is 0 Å². The van der Waals surface area contributed by atoms with E-state index < -0.39 is 9.84 Å². The standard InChI is InChI=1S/C20H30N4O2S/c1-3-8-21-20(22-15-18-7-13-27(25,26)16-18)24-11-9-23(10-12-24)19-6-4-5-17(2)14-19/h3-6,14,18H,1,7-13,15-16H2,2H3,(H,21,22). The van der Waals surface area contributed by atoms with E-state index in [0.717, 1.165) is 38.6 Å². The van der Waals surface area contributed by atoms with E-state index >= 15 is 0 Å². The first-order chi connectivity index (χ1) is 13.0. The molecule has 148 valence electrons. The van der Waals surface area contributed by atoms with E-state index in [1.807, 2.05) is 6.08 Å². The Kier molecular flexibility index (Phi) is 6.42. The average molecular weight is 391 g/mol. The molecule has 0 spiro atoms. The lowest BCUT2D eigenvalue weighted by Crippen LogP contribution is -2.52. The van der Waals surface area contributed by atoms with Gasteiger partial charge >= 0.3 is 0 Å². The first-order valence-electron chi connectivity index (χ1n) is 9.63. The third-order valence-electron chi connectivity index (χ3n) is 5.18. The maximum atomic E-state index is 11.7. The Bertz CT molecular complexity index is 783. The summed E-state index contributed by atoms with van der Waals surface area (Å²) in [4.78, 5) is 9.41. The third-order valence-corrected chi connectivity index (χ3v) is 7.01. The first kappa shape index (κ1) is 19.7. The molecule has 0 aliphatic carbocycles. The molecule has 0 saturated carbocycles. The van der Waals surface area contributed by atoms with Crippen molar-refractivity contribution in [1.82, 2.24) is 10.2 Å². The van der Waals surface area contributed by atoms with Crippen molar-refractivity contribution >= 4 is 21.5 Å². The highest BCUT2D eigenvalue weighted by Gasteiger charge is 2.28. The maximum Gasteiger partial charge on any atom is 0.194 e. The second kappa shape index (κ2) is 8.78. The van der Waals surface area contributed by atoms with Crippen LogP contribution in [0.3, 0.4) is 0 Å². The highest BCUT2D eigenvalue weighted by atomic mass is 32.2. The van der Waals surface area contributed by atoms with E-state index in [4.69, 9.17) is 4.99 Å². The zero-order valence-corrected chi connectivity index (χ0v) is 16.9. The molecule has 2 aliphatic rings. The predicted molar refractivity (Wildman–Crippen MR) is 112 cm³/mol. The monoisotopic (exact) mass is 390 g/mol. The number of benzene rings is 1. The van der Waals surface area contributed by atoms with Crippen molar-refractivity contribution in [2.45, 2.75) is 13.3 Å². The van der Waals surface area contributed by atoms with Gasteiger partial charge in [0, 0.05) is 45.0 Å². The van der Waals surface area contributed by atoms with Crippen LogP contribution in [0.4, 0.5) is 5.69 Å². The molecular formula is C20H30N4O2S. The second-order valence-corrected chi connectivity index (χ2v) is 9.64. The van der Waals surface area contributed by atoms with Gasteiger partial charge in [0.1, 0.15) is 0 Å². The molecule has 0 radical (unpaired) electrons. The molecule has 27 heavy (non-hydrogen) atoms. The molecule has 1 aromatic carbocycles. The van der Waals surface area contributed by atoms with Crippen LogP contribution in [-0.4, -0.2) is 70.1 Å². The van der Waals surface area contributed by atoms with Gasteiger partial charge in [0.2, 0.25) is 0 Å². The lowest BCUT2D eigenvalue weighted by Gasteiger charge is -2.38. The summed E-state index contributed by atoms with van der Waals surface area (Å²) in [5.74, 6) is 1.58. The van der Waals surface area contributed by atoms with Gasteiger partial charge < -0.3 is 15.1 Å². The van der Waals surface area contributed by atoms with Gasteiger partial charge in [0.05, 0.1) is 11.5 Å². The van der Waals surface area contributed by atoms with Crippen molar-refractivity contribution in [3.8, 4) is 0 Å². The molecule has 0 bridgehead atoms. The molecule has 1 unspecified atom stereocenters. The highest BCUT2D eigenvalue weighted by molar-refractivity contribution is 7.91. The number of aryl methyl sites for hydroxylation is 1. The number of sulfone groups is 1. The zero-order chi connectivity index (χ0) is 19.3. The number of nitrogens with one attached hydrogen (secondary N) is 1. The lowest BCUT2D eigenvalue weighted by atomic mass is 10.1. The van der Waals surface area contributed by atoms with Crippen LogP contribution >= 0.6 is 0 Å². The van der Waals surface area contributed by atoms with Crippen LogP contribution in [0.15, 0.2) is 41.9 Å². The van der Waals surface area contributed by atoms with Crippen LogP contribution in [0.25, 0.3) is 0 Å². The number of piperazine rings is 1. The minimum Gasteiger partial charge on any atom is -0.368 e. The molecule has 3 rings (SSSR count). The Balaban J connectivity index is 1.60. The molecule has 2 saturated heterocycles. The van der Waals surface area contributed by atoms with Crippen molar-refractivity contribution in [1.29, 1.82) is 0 Å². The summed E-state index contributed by atoms with van der Waals surface area (Å²) in [5, 5.41) is 3.34. The normalized spacial score (nSPS) is 22.7. The molecule has 0 aromatic heterocycles. The molecule has 7 heteroatoms. The van der Waals surface area contributed by atoms with Gasteiger partial charge in [-0.05, 0) is 37.0 Å². The Morgan fingerprint density at radius 1 is 1.33 bits per heavy atom. The van der Waals surface area contributed by atoms with Crippen LogP contribution in [0.5, 0.6) is 0 Å². The summed E-state index contributed by atoms with van der Waals surface area (Å²) >= 11 is 0. The summed E-state index contributed by atoms with van der Waals surface area (Å²) in [5.41, 5.74) is 2.54. The molecule has 2 heterocycles. The van der Waals surface area contributed by atoms with Gasteiger partial charge in [0.25, 0.3) is 0 Å². The number of nitrogens with zero attached hydrogens (tertiary/aromatic N) is 3. The van der Waals surface area contributed by atoms with Crippen molar-refractivity contribution < 1.29 is 8.42 Å². The van der Waals surface area contributed by atoms with Gasteiger partial charge in [0.15, 0.2) is 15.8 Å². The third kappa shape index (κ3) is 5.48. The molecular weight excluding hydrogens is 360 g/mol. The molecule has 1 N–H and O–H groups in total. The number of hydrogen-bond acceptors (Lipinski definition) is 4. The van der Waals surface area contributed by atoms with Gasteiger partial charge in [-0.3, -0.25) is 4.99 Å². The Labute approximate surface area is 162 Å². The number of guanidine groups is 1. The predicted octanol–water partition coefficient (Wildman–Crippen LogP) is 1.68. The Morgan fingerprint density at radius 3 is 2.74 bits per heavy atom. The minimum atomic E-state index is -2.85. The van der Waals surface area contributed by atoms with Crippen LogP contribution in [0, 0.1) is 12.8 Å². The van der Waals surface area contributed by atoms with E-state index in [0.29, 0.717) is 18.8 Å². The van der Waals surface area contributed by atoms with Gasteiger partial charge in [-0.15, -0.1) is 6.58 Å². The summed E-state index contributed by atoms with van der Waals surface area (Å²) < 4.78 is 23.3. The summed E-state index contributed by atoms with van der Waals surface area (Å²) in [7, 11) is -2.85. The fourth-order valence-corrected chi connectivity index (χ4v) is 5.51. The lowest BCUT2D eigenvalue weighted by molar-refractivity contribution is 0.372. The fraction of sp³-hybridized carbons (Fsp3) is 0.550. The average Bonchev–Trinajstić information content (AvgIpc) is 3.01. The van der Waals surface area contributed by atoms with Crippen molar-refractivity contribution in [3.63, 3.8) is 0 Å². The zero-order valence-electron chi connectivity index (χ0n) is 16.1. The summed E-state index contributed by atoms with van der Waals surface area (Å²) in [6, 6.07) is 8.60. The topological polar surface area (TPSA) is 65.0 Å². The minimum absolute atomic E-state index is 0.143. The molecule has 6 nitrogen and oxygen atoms in total. The maximum absolute atomic E-state index is 11.7. The number of aliphatic imine (C=N–C) groups is 1. The van der Waals surface area contributed by atoms with Crippen molar-refractivity contribution in [2.24, 2.45) is 10.9 Å². The van der Waals surface area contributed by atoms with Crippen LogP contribution < -0.4 is 10.2 Å². The largest absolute Gasteiger partial charge is 0.368 e. The van der Waals surface area contributed by atoms with E-state index in [-0.39, 0.29) is 11.7 Å². The molecule has 2 fully saturated rings. The molecule has 2 aliphatic heterocycles. The van der Waals surface area contributed by atoms with Crippen LogP contribution in [0.1, 0.15) is 12.0 Å². The fourth-order valence-electron chi connectivity index (χ4n) is 3.66. The molecule has 1 atom stereocenters. The van der Waals surface area contributed by atoms with E-state index in [1.165, 1.54) is 11.3 Å². The molecule has 1 aromatic rings. The van der Waals surface area contributed by atoms with Gasteiger partial charge in [-0.1, -0.05) is 18.2 Å². The quantitative estimate of drug-likeness (QED) is 0.471. The van der Waals surface area contributed by atoms with Crippen LogP contribution in [0.2, 0.25) is 0 Å². The Morgan fingerprint density at radius 2 is 2.11 bits per heavy atom. The van der Waals surface area contributed by atoms with Crippen molar-refractivity contribution in [2.75, 3.05) is 55.7 Å². The summed E-state index contributed by atoms with van der Waals surface area (Å²) in [6.07, 6.45) is 2.54. The SMILES string of the molecule is C=CCNC(=NCC1CCS(=O)(=O)C1)N1CCN(c2cccc(C)c2)CC1. The first-order valence-corrected chi connectivity index (χ1v) is 11.5. The number of anilines is 1. The van der Waals surface area contributed by atoms with Crippen LogP contribution in [-0.2, 0) is 9.84 Å². The number of hydrogen-bond donors (Lipinski definition) is 1.